The molecule has 0 aliphatic carbocycles. The summed E-state index contributed by atoms with van der Waals surface area (Å²) in [6, 6.07) is 0. The van der Waals surface area contributed by atoms with Crippen LogP contribution in [-0.2, 0) is 14.6 Å². The van der Waals surface area contributed by atoms with E-state index in [4.69, 9.17) is 0 Å². The van der Waals surface area contributed by atoms with Gasteiger partial charge in [0.05, 0.1) is 12.0 Å². The summed E-state index contributed by atoms with van der Waals surface area (Å²) in [6.45, 7) is 3.56. The molecule has 0 spiro atoms. The van der Waals surface area contributed by atoms with E-state index in [0.29, 0.717) is 0 Å². The fourth-order valence-electron chi connectivity index (χ4n) is 0.547. The molecule has 0 N–H and O–H groups in total. The van der Waals surface area contributed by atoms with Crippen LogP contribution in [-0.4, -0.2) is 26.0 Å². The van der Waals surface area contributed by atoms with E-state index in [1.165, 1.54) is 6.26 Å². The Kier molecular flexibility index (Phi) is 1.48. The maximum absolute atomic E-state index is 10.5. The van der Waals surface area contributed by atoms with Gasteiger partial charge >= 0.3 is 0 Å². The van der Waals surface area contributed by atoms with Crippen LogP contribution in [0, 0.1) is 0 Å². The van der Waals surface area contributed by atoms with Gasteiger partial charge in [-0.2, -0.15) is 0 Å². The van der Waals surface area contributed by atoms with Gasteiger partial charge in [-0.15, -0.1) is 0 Å². The van der Waals surface area contributed by atoms with Crippen molar-refractivity contribution in [1.82, 2.24) is 0 Å². The van der Waals surface area contributed by atoms with Crippen molar-refractivity contribution >= 4 is 9.84 Å². The van der Waals surface area contributed by atoms with Crippen molar-refractivity contribution < 1.29 is 13.2 Å². The molecule has 1 aliphatic heterocycles. The van der Waals surface area contributed by atoms with E-state index in [1.54, 1.807) is 0 Å². The zero-order valence-corrected chi connectivity index (χ0v) is 5.73. The molecule has 1 rings (SSSR count). The van der Waals surface area contributed by atoms with Crippen LogP contribution < -0.4 is 0 Å². The van der Waals surface area contributed by atoms with E-state index in [1.807, 2.05) is 0 Å². The first-order valence-electron chi connectivity index (χ1n) is 2.61. The molecule has 1 unspecified atom stereocenters. The predicted octanol–water partition coefficient (Wildman–Crippen LogP) is -0.0565. The molecule has 4 heteroatoms. The highest BCUT2D eigenvalue weighted by molar-refractivity contribution is 7.99. The third-order valence-electron chi connectivity index (χ3n) is 1.21. The first-order chi connectivity index (χ1) is 4.17. The van der Waals surface area contributed by atoms with Crippen molar-refractivity contribution in [3.05, 3.63) is 12.8 Å². The molecule has 3 nitrogen and oxygen atoms in total. The molecule has 0 aromatic heterocycles. The fourth-order valence-corrected chi connectivity index (χ4v) is 1.70. The van der Waals surface area contributed by atoms with E-state index in [0.717, 1.165) is 0 Å². The van der Waals surface area contributed by atoms with E-state index < -0.39 is 9.84 Å². The van der Waals surface area contributed by atoms with Crippen molar-refractivity contribution in [1.29, 1.82) is 0 Å². The van der Waals surface area contributed by atoms with E-state index >= 15 is 0 Å². The zero-order chi connectivity index (χ0) is 6.91. The molecule has 0 aromatic rings. The highest BCUT2D eigenvalue weighted by atomic mass is 32.2. The average molecular weight is 148 g/mol. The lowest BCUT2D eigenvalue weighted by Crippen LogP contribution is -1.97. The molecule has 9 heavy (non-hydrogen) atoms. The first-order valence-corrected chi connectivity index (χ1v) is 4.32. The third kappa shape index (κ3) is 1.45. The molecular formula is C5H8O3S. The van der Waals surface area contributed by atoms with Crippen molar-refractivity contribution in [2.24, 2.45) is 0 Å². The Morgan fingerprint density at radius 2 is 2.33 bits per heavy atom. The summed E-state index contributed by atoms with van der Waals surface area (Å²) in [5.41, 5.74) is 0. The quantitative estimate of drug-likeness (QED) is 0.416. The summed E-state index contributed by atoms with van der Waals surface area (Å²) < 4.78 is 25.6. The second kappa shape index (κ2) is 2.02. The topological polar surface area (TPSA) is 43.4 Å². The number of ether oxygens (including phenoxy) is 1. The molecule has 1 aliphatic rings. The van der Waals surface area contributed by atoms with Gasteiger partial charge in [0.1, 0.15) is 11.9 Å². The molecule has 1 saturated heterocycles. The second-order valence-electron chi connectivity index (χ2n) is 1.95. The SMILES string of the molecule is C=COCC1CS1(=O)=O. The Labute approximate surface area is 54.2 Å². The van der Waals surface area contributed by atoms with Gasteiger partial charge in [0.2, 0.25) is 0 Å². The van der Waals surface area contributed by atoms with Gasteiger partial charge in [-0.25, -0.2) is 8.42 Å². The summed E-state index contributed by atoms with van der Waals surface area (Å²) in [5.74, 6) is 0.279. The van der Waals surface area contributed by atoms with Crippen LogP contribution in [0.5, 0.6) is 0 Å². The minimum Gasteiger partial charge on any atom is -0.500 e. The van der Waals surface area contributed by atoms with Gasteiger partial charge in [0.15, 0.2) is 9.84 Å². The van der Waals surface area contributed by atoms with Crippen LogP contribution >= 0.6 is 0 Å². The lowest BCUT2D eigenvalue weighted by atomic mass is 10.5. The lowest BCUT2D eigenvalue weighted by molar-refractivity contribution is 0.261. The van der Waals surface area contributed by atoms with Crippen LogP contribution in [0.15, 0.2) is 12.8 Å². The molecule has 1 heterocycles. The standard InChI is InChI=1S/C5H8O3S/c1-2-8-3-5-4-9(5,6)7/h2,5H,1,3-4H2. The van der Waals surface area contributed by atoms with Gasteiger partial charge in [0.25, 0.3) is 0 Å². The Bertz CT molecular complexity index is 204. The zero-order valence-electron chi connectivity index (χ0n) is 4.91. The summed E-state index contributed by atoms with van der Waals surface area (Å²) in [6.07, 6.45) is 1.26. The first kappa shape index (κ1) is 6.61. The van der Waals surface area contributed by atoms with E-state index in [9.17, 15) is 8.42 Å². The van der Waals surface area contributed by atoms with Crippen LogP contribution in [0.2, 0.25) is 0 Å². The molecule has 0 saturated carbocycles. The number of hydrogen-bond acceptors (Lipinski definition) is 3. The number of hydrogen-bond donors (Lipinski definition) is 0. The van der Waals surface area contributed by atoms with Crippen LogP contribution in [0.25, 0.3) is 0 Å². The molecular weight excluding hydrogens is 140 g/mol. The van der Waals surface area contributed by atoms with E-state index in [-0.39, 0.29) is 17.6 Å². The maximum atomic E-state index is 10.5. The second-order valence-corrected chi connectivity index (χ2v) is 4.28. The lowest BCUT2D eigenvalue weighted by Gasteiger charge is -1.91. The molecule has 1 fully saturated rings. The van der Waals surface area contributed by atoms with Crippen molar-refractivity contribution in [3.8, 4) is 0 Å². The summed E-state index contributed by atoms with van der Waals surface area (Å²) >= 11 is 0. The number of rotatable bonds is 3. The molecule has 0 aromatic carbocycles. The molecule has 0 radical (unpaired) electrons. The monoisotopic (exact) mass is 148 g/mol. The van der Waals surface area contributed by atoms with Crippen LogP contribution in [0.4, 0.5) is 0 Å². The summed E-state index contributed by atoms with van der Waals surface area (Å²) in [5, 5.41) is -0.254. The molecule has 0 bridgehead atoms. The minimum atomic E-state index is -2.70. The molecule has 52 valence electrons. The Morgan fingerprint density at radius 3 is 2.67 bits per heavy atom. The van der Waals surface area contributed by atoms with Gasteiger partial charge in [-0.1, -0.05) is 6.58 Å². The maximum Gasteiger partial charge on any atom is 0.158 e. The van der Waals surface area contributed by atoms with Gasteiger partial charge in [-0.3, -0.25) is 0 Å². The molecule has 0 amide bonds. The van der Waals surface area contributed by atoms with Crippen LogP contribution in [0.3, 0.4) is 0 Å². The van der Waals surface area contributed by atoms with Crippen molar-refractivity contribution in [3.63, 3.8) is 0 Å². The largest absolute Gasteiger partial charge is 0.500 e. The Morgan fingerprint density at radius 1 is 1.78 bits per heavy atom. The van der Waals surface area contributed by atoms with Gasteiger partial charge in [-0.05, 0) is 0 Å². The van der Waals surface area contributed by atoms with Crippen molar-refractivity contribution in [2.75, 3.05) is 12.4 Å². The minimum absolute atomic E-state index is 0.254. The highest BCUT2D eigenvalue weighted by Crippen LogP contribution is 2.20. The van der Waals surface area contributed by atoms with Crippen LogP contribution in [0.1, 0.15) is 0 Å². The van der Waals surface area contributed by atoms with Gasteiger partial charge < -0.3 is 4.74 Å². The summed E-state index contributed by atoms with van der Waals surface area (Å²) in [7, 11) is -2.70. The highest BCUT2D eigenvalue weighted by Gasteiger charge is 2.43. The smallest absolute Gasteiger partial charge is 0.158 e. The van der Waals surface area contributed by atoms with E-state index in [2.05, 4.69) is 11.3 Å². The molecule has 1 atom stereocenters. The predicted molar refractivity (Wildman–Crippen MR) is 33.7 cm³/mol. The van der Waals surface area contributed by atoms with Crippen molar-refractivity contribution in [2.45, 2.75) is 5.25 Å². The fraction of sp³-hybridized carbons (Fsp3) is 0.600. The third-order valence-corrected chi connectivity index (χ3v) is 2.97. The summed E-state index contributed by atoms with van der Waals surface area (Å²) in [4.78, 5) is 0. The Hall–Kier alpha value is -0.510. The number of sulfone groups is 1. The van der Waals surface area contributed by atoms with Gasteiger partial charge in [0, 0.05) is 0 Å². The average Bonchev–Trinajstić information content (AvgIpc) is 2.35. The Balaban J connectivity index is 2.28. The normalized spacial score (nSPS) is 29.1.